The molecule has 0 radical (unpaired) electrons. The summed E-state index contributed by atoms with van der Waals surface area (Å²) in [5.41, 5.74) is 0.483. The van der Waals surface area contributed by atoms with Gasteiger partial charge in [0.1, 0.15) is 11.6 Å². The van der Waals surface area contributed by atoms with E-state index < -0.39 is 11.7 Å². The van der Waals surface area contributed by atoms with Crippen molar-refractivity contribution in [3.8, 4) is 0 Å². The molecule has 1 aromatic carbocycles. The molecule has 2 N–H and O–H groups in total. The topological polar surface area (TPSA) is 70.7 Å². The van der Waals surface area contributed by atoms with E-state index in [1.807, 2.05) is 20.8 Å². The molecule has 7 heteroatoms. The molecule has 1 amide bonds. The number of benzene rings is 1. The van der Waals surface area contributed by atoms with Crippen LogP contribution in [0.1, 0.15) is 42.8 Å². The Kier molecular flexibility index (Phi) is 4.27. The lowest BCUT2D eigenvalue weighted by Gasteiger charge is -2.12. The minimum Gasteiger partial charge on any atom is -0.345 e. The van der Waals surface area contributed by atoms with Crippen molar-refractivity contribution in [1.29, 1.82) is 0 Å². The maximum Gasteiger partial charge on any atom is 0.291 e. The van der Waals surface area contributed by atoms with Crippen LogP contribution < -0.4 is 5.32 Å². The van der Waals surface area contributed by atoms with Gasteiger partial charge < -0.3 is 5.32 Å². The SMILES string of the molecule is CC(C)(C)c1nc(C(=O)NCc2ccc(F)c(Cl)c2)n[nH]1. The fourth-order valence-electron chi connectivity index (χ4n) is 1.61. The highest BCUT2D eigenvalue weighted by Crippen LogP contribution is 2.18. The number of carbonyl (C=O) groups excluding carboxylic acids is 1. The minimum atomic E-state index is -0.490. The lowest BCUT2D eigenvalue weighted by Crippen LogP contribution is -2.24. The van der Waals surface area contributed by atoms with Gasteiger partial charge in [0.25, 0.3) is 5.91 Å². The van der Waals surface area contributed by atoms with E-state index in [1.54, 1.807) is 6.07 Å². The van der Waals surface area contributed by atoms with Crippen LogP contribution >= 0.6 is 11.6 Å². The first-order valence-corrected chi connectivity index (χ1v) is 6.80. The molecule has 0 saturated heterocycles. The van der Waals surface area contributed by atoms with Crippen LogP contribution in [-0.4, -0.2) is 21.1 Å². The van der Waals surface area contributed by atoms with Crippen molar-refractivity contribution in [2.75, 3.05) is 0 Å². The van der Waals surface area contributed by atoms with Crippen LogP contribution in [0.25, 0.3) is 0 Å². The molecule has 2 rings (SSSR count). The summed E-state index contributed by atoms with van der Waals surface area (Å²) in [7, 11) is 0. The van der Waals surface area contributed by atoms with Crippen molar-refractivity contribution in [3.05, 3.63) is 46.3 Å². The van der Waals surface area contributed by atoms with Crippen LogP contribution in [0.4, 0.5) is 4.39 Å². The van der Waals surface area contributed by atoms with Gasteiger partial charge in [-0.15, -0.1) is 5.10 Å². The van der Waals surface area contributed by atoms with Crippen molar-refractivity contribution in [2.45, 2.75) is 32.7 Å². The summed E-state index contributed by atoms with van der Waals surface area (Å²) in [4.78, 5) is 16.1. The average molecular weight is 311 g/mol. The summed E-state index contributed by atoms with van der Waals surface area (Å²) in [5, 5.41) is 9.33. The smallest absolute Gasteiger partial charge is 0.291 e. The predicted molar refractivity (Wildman–Crippen MR) is 77.7 cm³/mol. The Morgan fingerprint density at radius 1 is 1.43 bits per heavy atom. The van der Waals surface area contributed by atoms with Crippen molar-refractivity contribution in [1.82, 2.24) is 20.5 Å². The van der Waals surface area contributed by atoms with Gasteiger partial charge in [-0.05, 0) is 17.7 Å². The number of amides is 1. The maximum absolute atomic E-state index is 13.0. The Labute approximate surface area is 126 Å². The molecule has 1 heterocycles. The van der Waals surface area contributed by atoms with E-state index in [1.165, 1.54) is 12.1 Å². The second kappa shape index (κ2) is 5.81. The van der Waals surface area contributed by atoms with Gasteiger partial charge in [-0.1, -0.05) is 38.4 Å². The number of H-pyrrole nitrogens is 1. The number of aromatic nitrogens is 3. The summed E-state index contributed by atoms with van der Waals surface area (Å²) >= 11 is 5.68. The second-order valence-corrected chi connectivity index (χ2v) is 6.10. The van der Waals surface area contributed by atoms with Crippen molar-refractivity contribution >= 4 is 17.5 Å². The van der Waals surface area contributed by atoms with Gasteiger partial charge in [0.15, 0.2) is 0 Å². The molecule has 0 saturated carbocycles. The van der Waals surface area contributed by atoms with Crippen LogP contribution in [0.15, 0.2) is 18.2 Å². The van der Waals surface area contributed by atoms with Gasteiger partial charge in [-0.3, -0.25) is 9.89 Å². The van der Waals surface area contributed by atoms with Crippen molar-refractivity contribution < 1.29 is 9.18 Å². The Hall–Kier alpha value is -1.95. The van der Waals surface area contributed by atoms with Crippen LogP contribution in [0, 0.1) is 5.82 Å². The van der Waals surface area contributed by atoms with Crippen LogP contribution in [0.2, 0.25) is 5.02 Å². The molecule has 0 atom stereocenters. The van der Waals surface area contributed by atoms with Crippen molar-refractivity contribution in [2.24, 2.45) is 0 Å². The number of hydrogen-bond acceptors (Lipinski definition) is 3. The number of carbonyl (C=O) groups is 1. The molecule has 0 spiro atoms. The molecular weight excluding hydrogens is 295 g/mol. The van der Waals surface area contributed by atoms with Gasteiger partial charge in [-0.2, -0.15) is 0 Å². The molecule has 0 bridgehead atoms. The van der Waals surface area contributed by atoms with E-state index in [4.69, 9.17) is 11.6 Å². The maximum atomic E-state index is 13.0. The molecule has 0 aliphatic carbocycles. The van der Waals surface area contributed by atoms with Crippen LogP contribution in [-0.2, 0) is 12.0 Å². The van der Waals surface area contributed by atoms with Gasteiger partial charge in [0.05, 0.1) is 5.02 Å². The highest BCUT2D eigenvalue weighted by molar-refractivity contribution is 6.30. The Morgan fingerprint density at radius 2 is 2.14 bits per heavy atom. The monoisotopic (exact) mass is 310 g/mol. The first-order chi connectivity index (χ1) is 9.77. The third-order valence-corrected chi connectivity index (χ3v) is 3.13. The molecule has 2 aromatic rings. The number of halogens is 2. The average Bonchev–Trinajstić information content (AvgIpc) is 2.89. The Bertz CT molecular complexity index is 663. The summed E-state index contributed by atoms with van der Waals surface area (Å²) in [5.74, 6) is -0.177. The normalized spacial score (nSPS) is 11.5. The second-order valence-electron chi connectivity index (χ2n) is 5.69. The Balaban J connectivity index is 2.01. The fourth-order valence-corrected chi connectivity index (χ4v) is 1.81. The summed E-state index contributed by atoms with van der Waals surface area (Å²) in [6, 6.07) is 4.28. The largest absolute Gasteiger partial charge is 0.345 e. The molecule has 0 aliphatic heterocycles. The summed E-state index contributed by atoms with van der Waals surface area (Å²) in [6.45, 7) is 6.12. The minimum absolute atomic E-state index is 0.0228. The summed E-state index contributed by atoms with van der Waals surface area (Å²) < 4.78 is 13.0. The highest BCUT2D eigenvalue weighted by atomic mass is 35.5. The molecule has 0 fully saturated rings. The van der Waals surface area contributed by atoms with E-state index >= 15 is 0 Å². The van der Waals surface area contributed by atoms with Gasteiger partial charge in [0.2, 0.25) is 5.82 Å². The van der Waals surface area contributed by atoms with E-state index in [0.717, 1.165) is 0 Å². The quantitative estimate of drug-likeness (QED) is 0.915. The van der Waals surface area contributed by atoms with E-state index in [-0.39, 0.29) is 22.8 Å². The Morgan fingerprint density at radius 3 is 2.71 bits per heavy atom. The zero-order valence-corrected chi connectivity index (χ0v) is 12.8. The van der Waals surface area contributed by atoms with E-state index in [0.29, 0.717) is 11.4 Å². The molecule has 0 aliphatic rings. The molecule has 5 nitrogen and oxygen atoms in total. The predicted octanol–water partition coefficient (Wildman–Crippen LogP) is 2.82. The zero-order chi connectivity index (χ0) is 15.6. The highest BCUT2D eigenvalue weighted by Gasteiger charge is 2.21. The number of nitrogens with zero attached hydrogens (tertiary/aromatic N) is 2. The number of nitrogens with one attached hydrogen (secondary N) is 2. The molecular formula is C14H16ClFN4O. The van der Waals surface area contributed by atoms with E-state index in [2.05, 4.69) is 20.5 Å². The number of rotatable bonds is 3. The lowest BCUT2D eigenvalue weighted by atomic mass is 9.96. The molecule has 21 heavy (non-hydrogen) atoms. The standard InChI is InChI=1S/C14H16ClFN4O/c1-14(2,3)13-18-11(19-20-13)12(21)17-7-8-4-5-10(16)9(15)6-8/h4-6H,7H2,1-3H3,(H,17,21)(H,18,19,20). The van der Waals surface area contributed by atoms with Crippen molar-refractivity contribution in [3.63, 3.8) is 0 Å². The first-order valence-electron chi connectivity index (χ1n) is 6.42. The van der Waals surface area contributed by atoms with Crippen LogP contribution in [0.3, 0.4) is 0 Å². The van der Waals surface area contributed by atoms with E-state index in [9.17, 15) is 9.18 Å². The zero-order valence-electron chi connectivity index (χ0n) is 12.0. The first kappa shape index (κ1) is 15.4. The fraction of sp³-hybridized carbons (Fsp3) is 0.357. The van der Waals surface area contributed by atoms with Gasteiger partial charge in [0, 0.05) is 12.0 Å². The summed E-state index contributed by atoms with van der Waals surface area (Å²) in [6.07, 6.45) is 0. The molecule has 1 aromatic heterocycles. The molecule has 0 unspecified atom stereocenters. The van der Waals surface area contributed by atoms with Gasteiger partial charge >= 0.3 is 0 Å². The lowest BCUT2D eigenvalue weighted by molar-refractivity contribution is 0.0941. The third-order valence-electron chi connectivity index (χ3n) is 2.84. The number of aromatic amines is 1. The molecule has 112 valence electrons. The third kappa shape index (κ3) is 3.78. The number of hydrogen-bond donors (Lipinski definition) is 2. The van der Waals surface area contributed by atoms with Crippen LogP contribution in [0.5, 0.6) is 0 Å². The van der Waals surface area contributed by atoms with Gasteiger partial charge in [-0.25, -0.2) is 9.37 Å².